The molecule has 1 heterocycles. The highest BCUT2D eigenvalue weighted by Gasteiger charge is 2.30. The molecule has 1 N–H and O–H groups in total. The molecule has 0 aromatic carbocycles. The zero-order chi connectivity index (χ0) is 15.1. The topological polar surface area (TPSA) is 49.4 Å². The van der Waals surface area contributed by atoms with E-state index in [-0.39, 0.29) is 23.8 Å². The Morgan fingerprint density at radius 2 is 1.90 bits per heavy atom. The van der Waals surface area contributed by atoms with Crippen LogP contribution >= 0.6 is 0 Å². The maximum Gasteiger partial charge on any atom is 0.222 e. The molecule has 0 aromatic heterocycles. The minimum atomic E-state index is 0.00125. The monoisotopic (exact) mass is 282 g/mol. The molecule has 0 saturated carbocycles. The van der Waals surface area contributed by atoms with Crippen molar-refractivity contribution in [3.8, 4) is 0 Å². The van der Waals surface area contributed by atoms with Crippen LogP contribution in [0.4, 0.5) is 0 Å². The Bertz CT molecular complexity index is 328. The van der Waals surface area contributed by atoms with Crippen LogP contribution in [0.5, 0.6) is 0 Å². The zero-order valence-electron chi connectivity index (χ0n) is 13.4. The van der Waals surface area contributed by atoms with Crippen molar-refractivity contribution in [1.82, 2.24) is 10.2 Å². The summed E-state index contributed by atoms with van der Waals surface area (Å²) in [5.74, 6) is 0.848. The number of hydrogen-bond acceptors (Lipinski definition) is 2. The van der Waals surface area contributed by atoms with Gasteiger partial charge in [0.15, 0.2) is 0 Å². The van der Waals surface area contributed by atoms with Crippen molar-refractivity contribution in [3.63, 3.8) is 0 Å². The molecule has 1 aliphatic heterocycles. The number of carbonyl (C=O) groups is 2. The first-order valence-electron chi connectivity index (χ1n) is 8.06. The van der Waals surface area contributed by atoms with E-state index in [1.165, 1.54) is 0 Å². The van der Waals surface area contributed by atoms with Gasteiger partial charge in [-0.25, -0.2) is 0 Å². The zero-order valence-corrected chi connectivity index (χ0v) is 13.4. The quantitative estimate of drug-likeness (QED) is 0.814. The van der Waals surface area contributed by atoms with E-state index in [1.807, 2.05) is 25.7 Å². The SMILES string of the molecule is CCCC(=O)N1CC(CCC)CC(NC(=O)C(C)C)C1. The number of nitrogens with one attached hydrogen (secondary N) is 1. The van der Waals surface area contributed by atoms with Crippen LogP contribution < -0.4 is 5.32 Å². The second-order valence-electron chi connectivity index (χ2n) is 6.30. The number of nitrogens with zero attached hydrogens (tertiary/aromatic N) is 1. The second kappa shape index (κ2) is 8.28. The molecule has 0 spiro atoms. The highest BCUT2D eigenvalue weighted by Crippen LogP contribution is 2.22. The Morgan fingerprint density at radius 3 is 2.45 bits per heavy atom. The lowest BCUT2D eigenvalue weighted by Gasteiger charge is -2.38. The van der Waals surface area contributed by atoms with Gasteiger partial charge in [-0.05, 0) is 25.2 Å². The Balaban J connectivity index is 2.64. The van der Waals surface area contributed by atoms with Crippen LogP contribution in [0.1, 0.15) is 59.8 Å². The molecule has 2 atom stereocenters. The molecule has 2 unspecified atom stereocenters. The van der Waals surface area contributed by atoms with E-state index in [0.29, 0.717) is 18.9 Å². The van der Waals surface area contributed by atoms with Gasteiger partial charge >= 0.3 is 0 Å². The Labute approximate surface area is 123 Å². The van der Waals surface area contributed by atoms with Gasteiger partial charge in [0.25, 0.3) is 0 Å². The molecule has 1 saturated heterocycles. The first-order chi connectivity index (χ1) is 9.47. The van der Waals surface area contributed by atoms with Crippen LogP contribution in [0, 0.1) is 11.8 Å². The number of amides is 2. The normalized spacial score (nSPS) is 22.9. The Morgan fingerprint density at radius 1 is 1.20 bits per heavy atom. The molecular formula is C16H30N2O2. The first kappa shape index (κ1) is 17.0. The van der Waals surface area contributed by atoms with E-state index in [4.69, 9.17) is 0 Å². The van der Waals surface area contributed by atoms with E-state index < -0.39 is 0 Å². The van der Waals surface area contributed by atoms with Crippen LogP contribution in [-0.4, -0.2) is 35.8 Å². The van der Waals surface area contributed by atoms with Crippen LogP contribution in [0.3, 0.4) is 0 Å². The molecule has 2 amide bonds. The van der Waals surface area contributed by atoms with Gasteiger partial charge in [-0.3, -0.25) is 9.59 Å². The summed E-state index contributed by atoms with van der Waals surface area (Å²) < 4.78 is 0. The summed E-state index contributed by atoms with van der Waals surface area (Å²) in [4.78, 5) is 25.9. The third kappa shape index (κ3) is 5.14. The van der Waals surface area contributed by atoms with Gasteiger partial charge in [-0.15, -0.1) is 0 Å². The molecule has 20 heavy (non-hydrogen) atoms. The molecular weight excluding hydrogens is 252 g/mol. The lowest BCUT2D eigenvalue weighted by molar-refractivity contribution is -0.135. The minimum Gasteiger partial charge on any atom is -0.351 e. The summed E-state index contributed by atoms with van der Waals surface area (Å²) >= 11 is 0. The lowest BCUT2D eigenvalue weighted by Crippen LogP contribution is -2.53. The summed E-state index contributed by atoms with van der Waals surface area (Å²) in [5.41, 5.74) is 0. The fraction of sp³-hybridized carbons (Fsp3) is 0.875. The molecule has 0 aliphatic carbocycles. The second-order valence-corrected chi connectivity index (χ2v) is 6.30. The molecule has 1 aliphatic rings. The van der Waals surface area contributed by atoms with Crippen molar-refractivity contribution in [1.29, 1.82) is 0 Å². The molecule has 4 nitrogen and oxygen atoms in total. The van der Waals surface area contributed by atoms with Gasteiger partial charge in [0.05, 0.1) is 0 Å². The molecule has 0 bridgehead atoms. The number of hydrogen-bond donors (Lipinski definition) is 1. The van der Waals surface area contributed by atoms with E-state index in [1.54, 1.807) is 0 Å². The van der Waals surface area contributed by atoms with Gasteiger partial charge in [0.1, 0.15) is 0 Å². The number of carbonyl (C=O) groups excluding carboxylic acids is 2. The smallest absolute Gasteiger partial charge is 0.222 e. The first-order valence-corrected chi connectivity index (χ1v) is 8.06. The van der Waals surface area contributed by atoms with Gasteiger partial charge in [0.2, 0.25) is 11.8 Å². The fourth-order valence-electron chi connectivity index (χ4n) is 2.87. The van der Waals surface area contributed by atoms with E-state index >= 15 is 0 Å². The Kier molecular flexibility index (Phi) is 7.03. The van der Waals surface area contributed by atoms with Crippen molar-refractivity contribution in [2.45, 2.75) is 65.8 Å². The lowest BCUT2D eigenvalue weighted by atomic mass is 9.90. The summed E-state index contributed by atoms with van der Waals surface area (Å²) in [5, 5.41) is 3.10. The summed E-state index contributed by atoms with van der Waals surface area (Å²) in [7, 11) is 0. The molecule has 1 rings (SSSR count). The summed E-state index contributed by atoms with van der Waals surface area (Å²) in [6.07, 6.45) is 4.76. The van der Waals surface area contributed by atoms with Gasteiger partial charge in [-0.2, -0.15) is 0 Å². The van der Waals surface area contributed by atoms with Crippen LogP contribution in [0.25, 0.3) is 0 Å². The molecule has 116 valence electrons. The third-order valence-corrected chi connectivity index (χ3v) is 3.92. The van der Waals surface area contributed by atoms with Crippen molar-refractivity contribution < 1.29 is 9.59 Å². The van der Waals surface area contributed by atoms with Crippen LogP contribution in [0.2, 0.25) is 0 Å². The summed E-state index contributed by atoms with van der Waals surface area (Å²) in [6, 6.07) is 0.121. The van der Waals surface area contributed by atoms with Gasteiger partial charge in [0, 0.05) is 31.5 Å². The number of piperidine rings is 1. The number of rotatable bonds is 6. The fourth-order valence-corrected chi connectivity index (χ4v) is 2.87. The van der Waals surface area contributed by atoms with Gasteiger partial charge < -0.3 is 10.2 Å². The van der Waals surface area contributed by atoms with Crippen molar-refractivity contribution in [2.75, 3.05) is 13.1 Å². The van der Waals surface area contributed by atoms with Crippen molar-refractivity contribution in [3.05, 3.63) is 0 Å². The van der Waals surface area contributed by atoms with Crippen LogP contribution in [-0.2, 0) is 9.59 Å². The number of likely N-dealkylation sites (tertiary alicyclic amines) is 1. The third-order valence-electron chi connectivity index (χ3n) is 3.92. The Hall–Kier alpha value is -1.06. The summed E-state index contributed by atoms with van der Waals surface area (Å²) in [6.45, 7) is 9.56. The maximum absolute atomic E-state index is 12.1. The minimum absolute atomic E-state index is 0.00125. The molecule has 1 fully saturated rings. The largest absolute Gasteiger partial charge is 0.351 e. The van der Waals surface area contributed by atoms with E-state index in [0.717, 1.165) is 32.2 Å². The van der Waals surface area contributed by atoms with Crippen molar-refractivity contribution >= 4 is 11.8 Å². The van der Waals surface area contributed by atoms with Crippen molar-refractivity contribution in [2.24, 2.45) is 11.8 Å². The molecule has 4 heteroatoms. The average Bonchev–Trinajstić information content (AvgIpc) is 2.39. The molecule has 0 radical (unpaired) electrons. The standard InChI is InChI=1S/C16H30N2O2/c1-5-7-13-9-14(17-16(20)12(3)4)11-18(10-13)15(19)8-6-2/h12-14H,5-11H2,1-4H3,(H,17,20). The highest BCUT2D eigenvalue weighted by atomic mass is 16.2. The predicted octanol–water partition coefficient (Wildman–Crippen LogP) is 2.58. The average molecular weight is 282 g/mol. The maximum atomic E-state index is 12.1. The molecule has 0 aromatic rings. The highest BCUT2D eigenvalue weighted by molar-refractivity contribution is 5.79. The van der Waals surface area contributed by atoms with Gasteiger partial charge in [-0.1, -0.05) is 34.1 Å². The van der Waals surface area contributed by atoms with E-state index in [9.17, 15) is 9.59 Å². The van der Waals surface area contributed by atoms with Crippen LogP contribution in [0.15, 0.2) is 0 Å². The predicted molar refractivity (Wildman–Crippen MR) is 81.3 cm³/mol. The van der Waals surface area contributed by atoms with E-state index in [2.05, 4.69) is 12.2 Å².